The van der Waals surface area contributed by atoms with Crippen molar-refractivity contribution in [2.75, 3.05) is 30.7 Å². The number of carbonyl (C=O) groups excluding carboxylic acids is 2. The van der Waals surface area contributed by atoms with E-state index in [9.17, 15) is 18.0 Å². The number of hydrogen-bond acceptors (Lipinski definition) is 6. The molecule has 28 heavy (non-hydrogen) atoms. The van der Waals surface area contributed by atoms with Crippen molar-refractivity contribution in [1.82, 2.24) is 14.2 Å². The van der Waals surface area contributed by atoms with E-state index >= 15 is 0 Å². The zero-order chi connectivity index (χ0) is 20.9. The molecule has 2 heterocycles. The zero-order valence-electron chi connectivity index (χ0n) is 16.0. The Morgan fingerprint density at radius 3 is 2.50 bits per heavy atom. The summed E-state index contributed by atoms with van der Waals surface area (Å²) in [6.45, 7) is 5.17. The minimum atomic E-state index is -4.02. The summed E-state index contributed by atoms with van der Waals surface area (Å²) in [5, 5.41) is 2.97. The first-order valence-corrected chi connectivity index (χ1v) is 11.0. The number of hydrogen-bond donors (Lipinski definition) is 2. The number of piperidine rings is 1. The molecule has 0 aromatic carbocycles. The number of nitrogens with zero attached hydrogens (tertiary/aromatic N) is 3. The van der Waals surface area contributed by atoms with Gasteiger partial charge in [0.25, 0.3) is 0 Å². The van der Waals surface area contributed by atoms with Crippen LogP contribution in [0.3, 0.4) is 0 Å². The standard InChI is InChI=1S/C17H26ClN5O4S/c1-12(2)22-7-5-14(6-8-22)23(28(26,27)11-15(19)24)10-17(25)21-16-4-3-13(18)9-20-16/h3-4,9,12,14H,5-8,10-11H2,1-2H3,(H2,19,24)(H,20,21,25). The van der Waals surface area contributed by atoms with Crippen LogP contribution in [0.5, 0.6) is 0 Å². The van der Waals surface area contributed by atoms with Crippen molar-refractivity contribution < 1.29 is 18.0 Å². The number of nitrogens with one attached hydrogen (secondary N) is 1. The molecule has 1 fully saturated rings. The number of aromatic nitrogens is 1. The number of primary amides is 1. The Labute approximate surface area is 170 Å². The summed E-state index contributed by atoms with van der Waals surface area (Å²) in [4.78, 5) is 29.9. The van der Waals surface area contributed by atoms with E-state index in [2.05, 4.69) is 29.0 Å². The van der Waals surface area contributed by atoms with E-state index in [4.69, 9.17) is 17.3 Å². The quantitative estimate of drug-likeness (QED) is 0.622. The number of likely N-dealkylation sites (tertiary alicyclic amines) is 1. The van der Waals surface area contributed by atoms with Gasteiger partial charge in [-0.1, -0.05) is 11.6 Å². The molecular weight excluding hydrogens is 406 g/mol. The molecule has 0 bridgehead atoms. The van der Waals surface area contributed by atoms with Crippen LogP contribution in [0, 0.1) is 0 Å². The van der Waals surface area contributed by atoms with Gasteiger partial charge in [0.2, 0.25) is 21.8 Å². The highest BCUT2D eigenvalue weighted by atomic mass is 35.5. The molecule has 0 aliphatic carbocycles. The van der Waals surface area contributed by atoms with Gasteiger partial charge in [-0.25, -0.2) is 13.4 Å². The first-order chi connectivity index (χ1) is 13.1. The van der Waals surface area contributed by atoms with Gasteiger partial charge in [-0.15, -0.1) is 0 Å². The van der Waals surface area contributed by atoms with Crippen LogP contribution in [0.15, 0.2) is 18.3 Å². The normalized spacial score (nSPS) is 16.5. The zero-order valence-corrected chi connectivity index (χ0v) is 17.5. The minimum Gasteiger partial charge on any atom is -0.369 e. The monoisotopic (exact) mass is 431 g/mol. The van der Waals surface area contributed by atoms with Gasteiger partial charge in [0.15, 0.2) is 0 Å². The first-order valence-electron chi connectivity index (χ1n) is 9.02. The third-order valence-electron chi connectivity index (χ3n) is 4.61. The number of anilines is 1. The van der Waals surface area contributed by atoms with Crippen LogP contribution in [-0.4, -0.2) is 71.9 Å². The summed E-state index contributed by atoms with van der Waals surface area (Å²) in [5.41, 5.74) is 5.10. The number of sulfonamides is 1. The van der Waals surface area contributed by atoms with E-state index in [-0.39, 0.29) is 11.9 Å². The van der Waals surface area contributed by atoms with Gasteiger partial charge in [0.1, 0.15) is 11.6 Å². The molecule has 2 rings (SSSR count). The number of pyridine rings is 1. The lowest BCUT2D eigenvalue weighted by molar-refractivity contribution is -0.117. The van der Waals surface area contributed by atoms with E-state index in [1.54, 1.807) is 6.07 Å². The van der Waals surface area contributed by atoms with Crippen LogP contribution in [0.2, 0.25) is 5.02 Å². The SMILES string of the molecule is CC(C)N1CCC(N(CC(=O)Nc2ccc(Cl)cn2)S(=O)(=O)CC(N)=O)CC1. The third kappa shape index (κ3) is 6.40. The van der Waals surface area contributed by atoms with Gasteiger partial charge < -0.3 is 16.0 Å². The highest BCUT2D eigenvalue weighted by molar-refractivity contribution is 7.89. The molecule has 1 aromatic heterocycles. The fourth-order valence-corrected chi connectivity index (χ4v) is 4.80. The second-order valence-electron chi connectivity index (χ2n) is 7.04. The van der Waals surface area contributed by atoms with Crippen molar-refractivity contribution >= 4 is 39.3 Å². The molecular formula is C17H26ClN5O4S. The lowest BCUT2D eigenvalue weighted by atomic mass is 10.0. The highest BCUT2D eigenvalue weighted by Gasteiger charge is 2.35. The maximum Gasteiger partial charge on any atom is 0.240 e. The van der Waals surface area contributed by atoms with Gasteiger partial charge in [0.05, 0.1) is 11.6 Å². The Morgan fingerprint density at radius 1 is 1.36 bits per heavy atom. The number of amides is 2. The highest BCUT2D eigenvalue weighted by Crippen LogP contribution is 2.21. The van der Waals surface area contributed by atoms with E-state index in [0.29, 0.717) is 37.0 Å². The number of nitrogens with two attached hydrogens (primary N) is 1. The maximum absolute atomic E-state index is 12.7. The average molecular weight is 432 g/mol. The number of carbonyl (C=O) groups is 2. The molecule has 0 atom stereocenters. The van der Waals surface area contributed by atoms with Crippen LogP contribution in [-0.2, 0) is 19.6 Å². The van der Waals surface area contributed by atoms with Gasteiger partial charge in [-0.05, 0) is 51.9 Å². The van der Waals surface area contributed by atoms with Gasteiger partial charge in [-0.3, -0.25) is 9.59 Å². The predicted molar refractivity (Wildman–Crippen MR) is 107 cm³/mol. The molecule has 1 saturated heterocycles. The van der Waals surface area contributed by atoms with Crippen LogP contribution in [0.1, 0.15) is 26.7 Å². The average Bonchev–Trinajstić information content (AvgIpc) is 2.60. The summed E-state index contributed by atoms with van der Waals surface area (Å²) in [7, 11) is -4.02. The van der Waals surface area contributed by atoms with Crippen LogP contribution in [0.25, 0.3) is 0 Å². The molecule has 156 valence electrons. The summed E-state index contributed by atoms with van der Waals surface area (Å²) in [6, 6.07) is 3.07. The van der Waals surface area contributed by atoms with Crippen molar-refractivity contribution in [3.8, 4) is 0 Å². The minimum absolute atomic E-state index is 0.260. The van der Waals surface area contributed by atoms with Crippen molar-refractivity contribution in [3.05, 3.63) is 23.4 Å². The largest absolute Gasteiger partial charge is 0.369 e. The molecule has 0 saturated carbocycles. The molecule has 1 aliphatic rings. The maximum atomic E-state index is 12.7. The lowest BCUT2D eigenvalue weighted by Gasteiger charge is -2.39. The van der Waals surface area contributed by atoms with Crippen molar-refractivity contribution in [2.45, 2.75) is 38.8 Å². The number of halogens is 1. The van der Waals surface area contributed by atoms with E-state index in [1.165, 1.54) is 12.3 Å². The first kappa shape index (κ1) is 22.5. The van der Waals surface area contributed by atoms with Crippen molar-refractivity contribution in [1.29, 1.82) is 0 Å². The number of rotatable bonds is 8. The summed E-state index contributed by atoms with van der Waals surface area (Å²) in [5.74, 6) is -2.07. The van der Waals surface area contributed by atoms with Crippen molar-refractivity contribution in [2.24, 2.45) is 5.73 Å². The molecule has 2 amide bonds. The summed E-state index contributed by atoms with van der Waals surface area (Å²) < 4.78 is 26.5. The van der Waals surface area contributed by atoms with Crippen LogP contribution >= 0.6 is 11.6 Å². The Kier molecular flexibility index (Phi) is 7.76. The van der Waals surface area contributed by atoms with Crippen molar-refractivity contribution in [3.63, 3.8) is 0 Å². The summed E-state index contributed by atoms with van der Waals surface area (Å²) in [6.07, 6.45) is 2.52. The van der Waals surface area contributed by atoms with Gasteiger partial charge in [-0.2, -0.15) is 4.31 Å². The fraction of sp³-hybridized carbons (Fsp3) is 0.588. The second kappa shape index (κ2) is 9.64. The van der Waals surface area contributed by atoms with Crippen LogP contribution < -0.4 is 11.1 Å². The van der Waals surface area contributed by atoms with Crippen LogP contribution in [0.4, 0.5) is 5.82 Å². The smallest absolute Gasteiger partial charge is 0.240 e. The third-order valence-corrected chi connectivity index (χ3v) is 6.63. The predicted octanol–water partition coefficient (Wildman–Crippen LogP) is 0.663. The van der Waals surface area contributed by atoms with E-state index in [0.717, 1.165) is 4.31 Å². The molecule has 0 spiro atoms. The molecule has 1 aromatic rings. The molecule has 0 radical (unpaired) electrons. The van der Waals surface area contributed by atoms with Gasteiger partial charge >= 0.3 is 0 Å². The molecule has 0 unspecified atom stereocenters. The van der Waals surface area contributed by atoms with E-state index in [1.807, 2.05) is 0 Å². The fourth-order valence-electron chi connectivity index (χ4n) is 3.18. The topological polar surface area (TPSA) is 126 Å². The Hall–Kier alpha value is -1.75. The van der Waals surface area contributed by atoms with Gasteiger partial charge in [0, 0.05) is 18.3 Å². The Bertz CT molecular complexity index is 792. The Balaban J connectivity index is 2.13. The Morgan fingerprint density at radius 2 is 2.00 bits per heavy atom. The molecule has 9 nitrogen and oxygen atoms in total. The van der Waals surface area contributed by atoms with E-state index < -0.39 is 34.1 Å². The second-order valence-corrected chi connectivity index (χ2v) is 9.40. The summed E-state index contributed by atoms with van der Waals surface area (Å²) >= 11 is 5.77. The molecule has 11 heteroatoms. The molecule has 1 aliphatic heterocycles. The molecule has 3 N–H and O–H groups in total. The lowest BCUT2D eigenvalue weighted by Crippen LogP contribution is -2.52.